The van der Waals surface area contributed by atoms with E-state index >= 15 is 0 Å². The van der Waals surface area contributed by atoms with E-state index < -0.39 is 17.7 Å². The molecule has 5 heteroatoms. The second kappa shape index (κ2) is 6.20. The van der Waals surface area contributed by atoms with Crippen LogP contribution in [0, 0.1) is 11.6 Å². The molecule has 2 aromatic rings. The smallest absolute Gasteiger partial charge is 0.168 e. The average molecular weight is 298 g/mol. The molecule has 2 aromatic carbocycles. The van der Waals surface area contributed by atoms with Crippen molar-refractivity contribution in [3.63, 3.8) is 0 Å². The van der Waals surface area contributed by atoms with Gasteiger partial charge in [0.2, 0.25) is 0 Å². The van der Waals surface area contributed by atoms with Crippen molar-refractivity contribution in [2.24, 2.45) is 5.73 Å². The van der Waals surface area contributed by atoms with Gasteiger partial charge in [0.15, 0.2) is 11.6 Å². The second-order valence-electron chi connectivity index (χ2n) is 4.42. The molecule has 2 nitrogen and oxygen atoms in total. The van der Waals surface area contributed by atoms with Crippen LogP contribution in [-0.2, 0) is 6.42 Å². The molecule has 0 heterocycles. The number of methoxy groups -OCH3 is 1. The Balaban J connectivity index is 2.23. The summed E-state index contributed by atoms with van der Waals surface area (Å²) in [6.45, 7) is 0. The topological polar surface area (TPSA) is 35.2 Å². The van der Waals surface area contributed by atoms with Crippen molar-refractivity contribution in [2.75, 3.05) is 7.11 Å². The minimum atomic E-state index is -0.504. The van der Waals surface area contributed by atoms with Crippen molar-refractivity contribution < 1.29 is 13.5 Å². The van der Waals surface area contributed by atoms with Crippen molar-refractivity contribution in [3.8, 4) is 5.75 Å². The maximum absolute atomic E-state index is 14.0. The summed E-state index contributed by atoms with van der Waals surface area (Å²) in [6.07, 6.45) is 0.269. The zero-order chi connectivity index (χ0) is 14.7. The highest BCUT2D eigenvalue weighted by molar-refractivity contribution is 6.30. The molecule has 0 aromatic heterocycles. The van der Waals surface area contributed by atoms with Crippen molar-refractivity contribution in [1.29, 1.82) is 0 Å². The molecule has 0 spiro atoms. The van der Waals surface area contributed by atoms with Gasteiger partial charge in [-0.25, -0.2) is 8.78 Å². The lowest BCUT2D eigenvalue weighted by molar-refractivity contribution is 0.383. The van der Waals surface area contributed by atoms with E-state index in [9.17, 15) is 8.78 Å². The second-order valence-corrected chi connectivity index (χ2v) is 4.82. The Kier molecular flexibility index (Phi) is 4.57. The lowest BCUT2D eigenvalue weighted by Crippen LogP contribution is -2.14. The molecule has 106 valence electrons. The molecule has 0 saturated heterocycles. The number of rotatable bonds is 4. The van der Waals surface area contributed by atoms with E-state index in [1.807, 2.05) is 0 Å². The van der Waals surface area contributed by atoms with Gasteiger partial charge in [0.1, 0.15) is 5.82 Å². The van der Waals surface area contributed by atoms with Gasteiger partial charge in [0, 0.05) is 6.04 Å². The maximum Gasteiger partial charge on any atom is 0.168 e. The fourth-order valence-electron chi connectivity index (χ4n) is 1.97. The summed E-state index contributed by atoms with van der Waals surface area (Å²) >= 11 is 5.72. The summed E-state index contributed by atoms with van der Waals surface area (Å²) in [4.78, 5) is 0. The van der Waals surface area contributed by atoms with E-state index in [1.54, 1.807) is 24.3 Å². The lowest BCUT2D eigenvalue weighted by atomic mass is 9.99. The van der Waals surface area contributed by atoms with Crippen LogP contribution in [0.25, 0.3) is 0 Å². The van der Waals surface area contributed by atoms with E-state index in [1.165, 1.54) is 19.2 Å². The minimum absolute atomic E-state index is 0.00376. The van der Waals surface area contributed by atoms with Gasteiger partial charge in [-0.15, -0.1) is 0 Å². The normalized spacial score (nSPS) is 12.2. The largest absolute Gasteiger partial charge is 0.494 e. The summed E-state index contributed by atoms with van der Waals surface area (Å²) in [6, 6.07) is 8.65. The van der Waals surface area contributed by atoms with Crippen LogP contribution in [0.3, 0.4) is 0 Å². The Morgan fingerprint density at radius 3 is 2.65 bits per heavy atom. The highest BCUT2D eigenvalue weighted by atomic mass is 35.5. The molecule has 1 atom stereocenters. The van der Waals surface area contributed by atoms with E-state index in [0.717, 1.165) is 0 Å². The van der Waals surface area contributed by atoms with Crippen molar-refractivity contribution >= 4 is 11.6 Å². The van der Waals surface area contributed by atoms with E-state index in [4.69, 9.17) is 22.1 Å². The first-order valence-electron chi connectivity index (χ1n) is 6.05. The molecule has 2 rings (SSSR count). The van der Waals surface area contributed by atoms with Crippen LogP contribution in [0.5, 0.6) is 5.75 Å². The molecule has 20 heavy (non-hydrogen) atoms. The minimum Gasteiger partial charge on any atom is -0.494 e. The molecular formula is C15H14ClF2NO. The van der Waals surface area contributed by atoms with Gasteiger partial charge in [-0.3, -0.25) is 0 Å². The first-order chi connectivity index (χ1) is 9.52. The Morgan fingerprint density at radius 2 is 2.00 bits per heavy atom. The number of hydrogen-bond donors (Lipinski definition) is 1. The zero-order valence-electron chi connectivity index (χ0n) is 10.9. The van der Waals surface area contributed by atoms with E-state index in [-0.39, 0.29) is 17.2 Å². The van der Waals surface area contributed by atoms with Crippen LogP contribution in [0.2, 0.25) is 5.02 Å². The first kappa shape index (κ1) is 14.8. The third-order valence-corrected chi connectivity index (χ3v) is 3.36. The monoisotopic (exact) mass is 297 g/mol. The number of nitrogens with two attached hydrogens (primary N) is 1. The van der Waals surface area contributed by atoms with Gasteiger partial charge < -0.3 is 10.5 Å². The predicted octanol–water partition coefficient (Wildman–Crippen LogP) is 3.87. The SMILES string of the molecule is COc1cccc(CC(N)c2ccc(F)c(Cl)c2)c1F. The van der Waals surface area contributed by atoms with Gasteiger partial charge in [0.25, 0.3) is 0 Å². The molecule has 0 bridgehead atoms. The molecule has 2 N–H and O–H groups in total. The third-order valence-electron chi connectivity index (χ3n) is 3.07. The highest BCUT2D eigenvalue weighted by Crippen LogP contribution is 2.26. The number of ether oxygens (including phenoxy) is 1. The van der Waals surface area contributed by atoms with Crippen molar-refractivity contribution in [1.82, 2.24) is 0 Å². The molecule has 0 saturated carbocycles. The predicted molar refractivity (Wildman–Crippen MR) is 75.0 cm³/mol. The molecular weight excluding hydrogens is 284 g/mol. The Hall–Kier alpha value is -1.65. The Bertz CT molecular complexity index is 619. The van der Waals surface area contributed by atoms with Crippen LogP contribution in [0.4, 0.5) is 8.78 Å². The third kappa shape index (κ3) is 3.08. The Morgan fingerprint density at radius 1 is 1.25 bits per heavy atom. The number of hydrogen-bond acceptors (Lipinski definition) is 2. The van der Waals surface area contributed by atoms with E-state index in [0.29, 0.717) is 11.1 Å². The molecule has 0 aliphatic heterocycles. The molecule has 0 fully saturated rings. The summed E-state index contributed by atoms with van der Waals surface area (Å²) in [5.41, 5.74) is 7.11. The Labute approximate surface area is 121 Å². The van der Waals surface area contributed by atoms with Gasteiger partial charge >= 0.3 is 0 Å². The van der Waals surface area contributed by atoms with Crippen molar-refractivity contribution in [3.05, 3.63) is 64.2 Å². The fourth-order valence-corrected chi connectivity index (χ4v) is 2.16. The van der Waals surface area contributed by atoms with Crippen LogP contribution in [0.1, 0.15) is 17.2 Å². The van der Waals surface area contributed by atoms with Gasteiger partial charge in [-0.2, -0.15) is 0 Å². The molecule has 0 aliphatic carbocycles. The van der Waals surface area contributed by atoms with Gasteiger partial charge in [-0.05, 0) is 35.7 Å². The molecule has 0 radical (unpaired) electrons. The fraction of sp³-hybridized carbons (Fsp3) is 0.200. The summed E-state index contributed by atoms with van der Waals surface area (Å²) < 4.78 is 32.0. The van der Waals surface area contributed by atoms with Crippen LogP contribution in [-0.4, -0.2) is 7.11 Å². The molecule has 0 aliphatic rings. The zero-order valence-corrected chi connectivity index (χ0v) is 11.6. The van der Waals surface area contributed by atoms with Crippen LogP contribution >= 0.6 is 11.6 Å². The maximum atomic E-state index is 14.0. The number of benzene rings is 2. The quantitative estimate of drug-likeness (QED) is 0.930. The van der Waals surface area contributed by atoms with Crippen LogP contribution < -0.4 is 10.5 Å². The van der Waals surface area contributed by atoms with E-state index in [2.05, 4.69) is 0 Å². The first-order valence-corrected chi connectivity index (χ1v) is 6.42. The summed E-state index contributed by atoms with van der Waals surface area (Å²) in [5, 5.41) is 0.00376. The highest BCUT2D eigenvalue weighted by Gasteiger charge is 2.14. The molecule has 0 amide bonds. The molecule has 1 unspecified atom stereocenters. The van der Waals surface area contributed by atoms with Crippen molar-refractivity contribution in [2.45, 2.75) is 12.5 Å². The number of halogens is 3. The van der Waals surface area contributed by atoms with Gasteiger partial charge in [0.05, 0.1) is 12.1 Å². The summed E-state index contributed by atoms with van der Waals surface area (Å²) in [5.74, 6) is -0.763. The van der Waals surface area contributed by atoms with Crippen LogP contribution in [0.15, 0.2) is 36.4 Å². The summed E-state index contributed by atoms with van der Waals surface area (Å²) in [7, 11) is 1.40. The average Bonchev–Trinajstić information content (AvgIpc) is 2.44. The standard InChI is InChI=1S/C15H14ClF2NO/c1-20-14-4-2-3-10(15(14)18)8-13(19)9-5-6-12(17)11(16)7-9/h2-7,13H,8,19H2,1H3. The van der Waals surface area contributed by atoms with Gasteiger partial charge in [-0.1, -0.05) is 29.8 Å². The lowest BCUT2D eigenvalue weighted by Gasteiger charge is -2.14.